The Morgan fingerprint density at radius 1 is 1.06 bits per heavy atom. The van der Waals surface area contributed by atoms with Crippen LogP contribution in [0.3, 0.4) is 0 Å². The van der Waals surface area contributed by atoms with Gasteiger partial charge in [-0.25, -0.2) is 9.67 Å². The normalized spacial score (nSPS) is 11.6. The van der Waals surface area contributed by atoms with Gasteiger partial charge < -0.3 is 5.32 Å². The number of hydrogen-bond acceptors (Lipinski definition) is 4. The number of halogens is 3. The number of anilines is 1. The van der Waals surface area contributed by atoms with E-state index in [4.69, 9.17) is 0 Å². The second kappa shape index (κ2) is 9.42. The minimum atomic E-state index is -4.55. The molecule has 0 spiro atoms. The molecule has 0 atom stereocenters. The highest BCUT2D eigenvalue weighted by Crippen LogP contribution is 2.34. The Labute approximate surface area is 199 Å². The minimum Gasteiger partial charge on any atom is -0.325 e. The number of carbonyl (C=O) groups excluding carboxylic acids is 1. The Morgan fingerprint density at radius 2 is 1.76 bits per heavy atom. The van der Waals surface area contributed by atoms with Crippen molar-refractivity contribution in [2.75, 3.05) is 5.32 Å². The third kappa shape index (κ3) is 5.20. The van der Waals surface area contributed by atoms with E-state index >= 15 is 0 Å². The number of thiazole rings is 1. The molecule has 2 aromatic carbocycles. The van der Waals surface area contributed by atoms with Crippen LogP contribution in [0.4, 0.5) is 18.9 Å². The number of hydrogen-bond donors (Lipinski definition) is 1. The van der Waals surface area contributed by atoms with Gasteiger partial charge in [-0.1, -0.05) is 42.0 Å². The van der Waals surface area contributed by atoms with Gasteiger partial charge in [0.2, 0.25) is 11.0 Å². The molecule has 0 saturated carbocycles. The van der Waals surface area contributed by atoms with Crippen molar-refractivity contribution in [3.8, 4) is 5.13 Å². The van der Waals surface area contributed by atoms with Gasteiger partial charge in [-0.2, -0.15) is 18.3 Å². The summed E-state index contributed by atoms with van der Waals surface area (Å²) in [6, 6.07) is 13.3. The molecule has 9 heteroatoms. The fourth-order valence-corrected chi connectivity index (χ4v) is 4.53. The minimum absolute atomic E-state index is 0.141. The first-order valence-corrected chi connectivity index (χ1v) is 11.5. The van der Waals surface area contributed by atoms with Crippen molar-refractivity contribution in [1.82, 2.24) is 14.8 Å². The number of amides is 1. The summed E-state index contributed by atoms with van der Waals surface area (Å²) >= 11 is 1.33. The quantitative estimate of drug-likeness (QED) is 0.363. The molecule has 0 aliphatic rings. The van der Waals surface area contributed by atoms with Gasteiger partial charge in [0.1, 0.15) is 0 Å². The van der Waals surface area contributed by atoms with Crippen LogP contribution in [0, 0.1) is 20.8 Å². The van der Waals surface area contributed by atoms with E-state index < -0.39 is 17.6 Å². The summed E-state index contributed by atoms with van der Waals surface area (Å²) in [5.74, 6) is -0.568. The van der Waals surface area contributed by atoms with Gasteiger partial charge >= 0.3 is 6.18 Å². The number of rotatable bonds is 6. The average molecular weight is 485 g/mol. The molecule has 0 aliphatic heterocycles. The maximum absolute atomic E-state index is 13.2. The standard InChI is InChI=1S/C25H23F3N4OS/c1-15-8-10-18(11-9-15)12-20-16(2)31-32(17(20)3)24-29-19(14-34-24)13-23(33)30-22-7-5-4-6-21(22)25(26,27)28/h4-11,14H,12-13H2,1-3H3,(H,30,33). The summed E-state index contributed by atoms with van der Waals surface area (Å²) in [6.45, 7) is 5.98. The molecule has 5 nitrogen and oxygen atoms in total. The van der Waals surface area contributed by atoms with E-state index in [0.717, 1.165) is 29.4 Å². The molecule has 0 saturated heterocycles. The van der Waals surface area contributed by atoms with Crippen molar-refractivity contribution in [1.29, 1.82) is 0 Å². The first kappa shape index (κ1) is 23.7. The monoisotopic (exact) mass is 484 g/mol. The van der Waals surface area contributed by atoms with Crippen LogP contribution in [0.2, 0.25) is 0 Å². The molecule has 4 aromatic rings. The molecule has 1 amide bonds. The van der Waals surface area contributed by atoms with Crippen LogP contribution >= 0.6 is 11.3 Å². The van der Waals surface area contributed by atoms with Crippen LogP contribution in [-0.2, 0) is 23.8 Å². The van der Waals surface area contributed by atoms with Gasteiger partial charge in [0, 0.05) is 23.1 Å². The van der Waals surface area contributed by atoms with Crippen molar-refractivity contribution in [3.05, 3.63) is 93.2 Å². The van der Waals surface area contributed by atoms with Crippen LogP contribution in [-0.4, -0.2) is 20.7 Å². The summed E-state index contributed by atoms with van der Waals surface area (Å²) in [7, 11) is 0. The Bertz CT molecular complexity index is 1320. The molecule has 2 heterocycles. The van der Waals surface area contributed by atoms with Crippen molar-refractivity contribution in [2.45, 2.75) is 39.8 Å². The Kier molecular flexibility index (Phi) is 6.56. The molecule has 1 N–H and O–H groups in total. The zero-order chi connectivity index (χ0) is 24.5. The number of nitrogens with one attached hydrogen (secondary N) is 1. The third-order valence-electron chi connectivity index (χ3n) is 5.51. The van der Waals surface area contributed by atoms with Crippen molar-refractivity contribution >= 4 is 22.9 Å². The topological polar surface area (TPSA) is 59.8 Å². The van der Waals surface area contributed by atoms with Crippen molar-refractivity contribution < 1.29 is 18.0 Å². The number of nitrogens with zero attached hydrogens (tertiary/aromatic N) is 3. The van der Waals surface area contributed by atoms with Gasteiger partial charge in [0.25, 0.3) is 0 Å². The molecule has 0 bridgehead atoms. The summed E-state index contributed by atoms with van der Waals surface area (Å²) in [4.78, 5) is 16.9. The smallest absolute Gasteiger partial charge is 0.325 e. The van der Waals surface area contributed by atoms with Crippen LogP contribution in [0.5, 0.6) is 0 Å². The Balaban J connectivity index is 1.49. The molecule has 176 valence electrons. The molecule has 34 heavy (non-hydrogen) atoms. The highest BCUT2D eigenvalue weighted by molar-refractivity contribution is 7.12. The maximum Gasteiger partial charge on any atom is 0.418 e. The summed E-state index contributed by atoms with van der Waals surface area (Å²) in [5.41, 5.74) is 4.68. The van der Waals surface area contributed by atoms with E-state index in [-0.39, 0.29) is 12.1 Å². The first-order valence-electron chi connectivity index (χ1n) is 10.6. The number of carbonyl (C=O) groups is 1. The molecular formula is C25H23F3N4OS. The average Bonchev–Trinajstić information content (AvgIpc) is 3.34. The SMILES string of the molecule is Cc1ccc(Cc2c(C)nn(-c3nc(CC(=O)Nc4ccccc4C(F)(F)F)cs3)c2C)cc1. The first-order chi connectivity index (χ1) is 16.1. The highest BCUT2D eigenvalue weighted by atomic mass is 32.1. The largest absolute Gasteiger partial charge is 0.418 e. The Morgan fingerprint density at radius 3 is 2.47 bits per heavy atom. The number of aryl methyl sites for hydroxylation is 2. The van der Waals surface area contributed by atoms with E-state index in [1.54, 1.807) is 10.1 Å². The maximum atomic E-state index is 13.2. The molecule has 0 aliphatic carbocycles. The fraction of sp³-hybridized carbons (Fsp3) is 0.240. The van der Waals surface area contributed by atoms with Crippen LogP contribution < -0.4 is 5.32 Å². The molecule has 4 rings (SSSR count). The second-order valence-corrected chi connectivity index (χ2v) is 8.95. The van der Waals surface area contributed by atoms with Gasteiger partial charge in [-0.3, -0.25) is 4.79 Å². The molecule has 0 unspecified atom stereocenters. The molecular weight excluding hydrogens is 461 g/mol. The Hall–Kier alpha value is -3.46. The summed E-state index contributed by atoms with van der Waals surface area (Å²) in [6.07, 6.45) is -3.95. The van der Waals surface area contributed by atoms with E-state index in [0.29, 0.717) is 10.8 Å². The van der Waals surface area contributed by atoms with E-state index in [2.05, 4.69) is 39.7 Å². The van der Waals surface area contributed by atoms with Gasteiger partial charge in [0.05, 0.1) is 29.1 Å². The predicted molar refractivity (Wildman–Crippen MR) is 126 cm³/mol. The lowest BCUT2D eigenvalue weighted by Crippen LogP contribution is -2.18. The summed E-state index contributed by atoms with van der Waals surface area (Å²) < 4.78 is 41.3. The van der Waals surface area contributed by atoms with Crippen molar-refractivity contribution in [2.24, 2.45) is 0 Å². The molecule has 0 fully saturated rings. The van der Waals surface area contributed by atoms with Gasteiger partial charge in [0.15, 0.2) is 0 Å². The fourth-order valence-electron chi connectivity index (χ4n) is 3.70. The number of alkyl halides is 3. The molecule has 0 radical (unpaired) electrons. The van der Waals surface area contributed by atoms with E-state index in [1.165, 1.54) is 40.7 Å². The van der Waals surface area contributed by atoms with Crippen LogP contribution in [0.15, 0.2) is 53.9 Å². The molecule has 2 aromatic heterocycles. The van der Waals surface area contributed by atoms with Gasteiger partial charge in [-0.15, -0.1) is 11.3 Å². The van der Waals surface area contributed by atoms with Crippen LogP contribution in [0.25, 0.3) is 5.13 Å². The van der Waals surface area contributed by atoms with E-state index in [9.17, 15) is 18.0 Å². The number of aromatic nitrogens is 3. The highest BCUT2D eigenvalue weighted by Gasteiger charge is 2.33. The van der Waals surface area contributed by atoms with Crippen molar-refractivity contribution in [3.63, 3.8) is 0 Å². The van der Waals surface area contributed by atoms with Gasteiger partial charge in [-0.05, 0) is 38.5 Å². The zero-order valence-electron chi connectivity index (χ0n) is 18.9. The lowest BCUT2D eigenvalue weighted by molar-refractivity contribution is -0.137. The predicted octanol–water partition coefficient (Wildman–Crippen LogP) is 6.04. The van der Waals surface area contributed by atoms with Crippen LogP contribution in [0.1, 0.15) is 39.3 Å². The number of para-hydroxylation sites is 1. The third-order valence-corrected chi connectivity index (χ3v) is 6.38. The number of benzene rings is 2. The zero-order valence-corrected chi connectivity index (χ0v) is 19.7. The summed E-state index contributed by atoms with van der Waals surface area (Å²) in [5, 5.41) is 9.31. The lowest BCUT2D eigenvalue weighted by Gasteiger charge is -2.13. The second-order valence-electron chi connectivity index (χ2n) is 8.11. The van der Waals surface area contributed by atoms with E-state index in [1.807, 2.05) is 20.8 Å². The lowest BCUT2D eigenvalue weighted by atomic mass is 10.0.